The van der Waals surface area contributed by atoms with Crippen LogP contribution >= 0.6 is 7.82 Å². The van der Waals surface area contributed by atoms with Crippen molar-refractivity contribution in [3.8, 4) is 0 Å². The third kappa shape index (κ3) is 56.4. The van der Waals surface area contributed by atoms with Crippen LogP contribution in [0.1, 0.15) is 309 Å². The molecule has 1 amide bonds. The van der Waals surface area contributed by atoms with Gasteiger partial charge >= 0.3 is 0 Å². The molecule has 0 rings (SSSR count). The first kappa shape index (κ1) is 70.7. The minimum absolute atomic E-state index is 0.0140. The van der Waals surface area contributed by atoms with Crippen LogP contribution in [0, 0.1) is 0 Å². The number of likely N-dealkylation sites (N-methyl/N-ethyl adjacent to an activating group) is 1. The SMILES string of the molecule is CCCCCCC/C=C\C/C=C\C/C=C\CCCCCCCCCCCCCCCCCCCCCCC(=O)NC(COP(=O)([O-])OCC[N+](C)(C)C)C(O)CCCCCCCCCCCCCCCCC. The molecule has 0 aliphatic rings. The molecule has 0 spiro atoms. The lowest BCUT2D eigenvalue weighted by Crippen LogP contribution is -2.46. The summed E-state index contributed by atoms with van der Waals surface area (Å²) in [4.78, 5) is 25.5. The lowest BCUT2D eigenvalue weighted by atomic mass is 10.0. The molecule has 3 atom stereocenters. The van der Waals surface area contributed by atoms with Gasteiger partial charge in [0.05, 0.1) is 39.9 Å². The fourth-order valence-corrected chi connectivity index (χ4v) is 10.2. The van der Waals surface area contributed by atoms with Crippen LogP contribution in [0.4, 0.5) is 0 Å². The Morgan fingerprint density at radius 1 is 0.486 bits per heavy atom. The first-order valence-electron chi connectivity index (χ1n) is 31.3. The third-order valence-corrected chi connectivity index (χ3v) is 15.3. The number of carbonyl (C=O) groups excluding carboxylic acids is 1. The van der Waals surface area contributed by atoms with E-state index in [9.17, 15) is 19.4 Å². The molecule has 0 fully saturated rings. The summed E-state index contributed by atoms with van der Waals surface area (Å²) in [5.41, 5.74) is 0. The molecule has 0 aliphatic carbocycles. The van der Waals surface area contributed by atoms with Gasteiger partial charge in [-0.25, -0.2) is 0 Å². The van der Waals surface area contributed by atoms with Crippen LogP contribution in [0.2, 0.25) is 0 Å². The molecule has 0 bridgehead atoms. The highest BCUT2D eigenvalue weighted by molar-refractivity contribution is 7.45. The van der Waals surface area contributed by atoms with Crippen molar-refractivity contribution in [2.24, 2.45) is 0 Å². The number of aliphatic hydroxyl groups is 1. The smallest absolute Gasteiger partial charge is 0.268 e. The summed E-state index contributed by atoms with van der Waals surface area (Å²) in [6.45, 7) is 4.74. The van der Waals surface area contributed by atoms with Crippen LogP contribution in [0.5, 0.6) is 0 Å². The van der Waals surface area contributed by atoms with Gasteiger partial charge in [0, 0.05) is 6.42 Å². The zero-order chi connectivity index (χ0) is 52.7. The molecule has 0 heterocycles. The molecule has 0 radical (unpaired) electrons. The number of carbonyl (C=O) groups is 1. The normalized spacial score (nSPS) is 14.0. The average Bonchev–Trinajstić information content (AvgIpc) is 3.34. The van der Waals surface area contributed by atoms with E-state index in [0.29, 0.717) is 23.9 Å². The van der Waals surface area contributed by atoms with Crippen molar-refractivity contribution in [3.05, 3.63) is 36.5 Å². The molecule has 8 nitrogen and oxygen atoms in total. The van der Waals surface area contributed by atoms with Crippen molar-refractivity contribution in [2.75, 3.05) is 40.9 Å². The van der Waals surface area contributed by atoms with Gasteiger partial charge in [-0.05, 0) is 51.4 Å². The molecule has 426 valence electrons. The first-order chi connectivity index (χ1) is 35.0. The summed E-state index contributed by atoms with van der Waals surface area (Å²) in [7, 11) is 1.32. The standard InChI is InChI=1S/C63H123N2O6P/c1-6-8-10-12-14-16-18-20-22-23-24-25-26-27-28-29-30-31-32-33-34-35-36-37-38-39-40-41-43-45-47-49-51-53-55-57-63(67)64-61(60-71-72(68,69)70-59-58-65(3,4)5)62(66)56-54-52-50-48-46-44-42-21-19-17-15-13-11-9-7-2/h18,20,23-24,26-27,61-62,66H,6-17,19,21-22,25,28-60H2,1-5H3,(H-,64,67,68,69)/b20-18-,24-23-,27-26-. The molecule has 0 saturated carbocycles. The number of nitrogens with one attached hydrogen (secondary N) is 1. The van der Waals surface area contributed by atoms with Crippen molar-refractivity contribution in [3.63, 3.8) is 0 Å². The zero-order valence-electron chi connectivity index (χ0n) is 48.6. The minimum atomic E-state index is -4.57. The summed E-state index contributed by atoms with van der Waals surface area (Å²) < 4.78 is 23.4. The van der Waals surface area contributed by atoms with E-state index < -0.39 is 20.0 Å². The lowest BCUT2D eigenvalue weighted by Gasteiger charge is -2.30. The van der Waals surface area contributed by atoms with E-state index in [1.165, 1.54) is 231 Å². The highest BCUT2D eigenvalue weighted by Crippen LogP contribution is 2.38. The number of amides is 1. The molecule has 0 aromatic rings. The molecular weight excluding hydrogens is 912 g/mol. The van der Waals surface area contributed by atoms with Crippen molar-refractivity contribution in [1.29, 1.82) is 0 Å². The number of quaternary nitrogens is 1. The molecule has 0 aliphatic heterocycles. The van der Waals surface area contributed by atoms with Crippen molar-refractivity contribution in [1.82, 2.24) is 5.32 Å². The Morgan fingerprint density at radius 2 is 0.806 bits per heavy atom. The Kier molecular flexibility index (Phi) is 53.5. The van der Waals surface area contributed by atoms with Gasteiger partial charge < -0.3 is 28.8 Å². The number of aliphatic hydroxyl groups excluding tert-OH is 1. The highest BCUT2D eigenvalue weighted by Gasteiger charge is 2.24. The quantitative estimate of drug-likeness (QED) is 0.0272. The second kappa shape index (κ2) is 54.5. The molecule has 2 N–H and O–H groups in total. The zero-order valence-corrected chi connectivity index (χ0v) is 49.5. The third-order valence-electron chi connectivity index (χ3n) is 14.4. The molecule has 0 saturated heterocycles. The van der Waals surface area contributed by atoms with Crippen LogP contribution in [-0.4, -0.2) is 68.5 Å². The number of rotatable bonds is 58. The van der Waals surface area contributed by atoms with Gasteiger partial charge in [-0.15, -0.1) is 0 Å². The molecule has 72 heavy (non-hydrogen) atoms. The highest BCUT2D eigenvalue weighted by atomic mass is 31.2. The maximum absolute atomic E-state index is 13.0. The predicted octanol–water partition coefficient (Wildman–Crippen LogP) is 18.7. The second-order valence-electron chi connectivity index (χ2n) is 22.8. The van der Waals surface area contributed by atoms with Crippen molar-refractivity contribution >= 4 is 13.7 Å². The van der Waals surface area contributed by atoms with Crippen LogP contribution < -0.4 is 10.2 Å². The van der Waals surface area contributed by atoms with E-state index in [1.54, 1.807) is 0 Å². The lowest BCUT2D eigenvalue weighted by molar-refractivity contribution is -0.870. The molecular formula is C63H123N2O6P. The van der Waals surface area contributed by atoms with E-state index in [-0.39, 0.29) is 19.1 Å². The number of nitrogens with zero attached hydrogens (tertiary/aromatic N) is 1. The number of unbranched alkanes of at least 4 members (excludes halogenated alkanes) is 39. The topological polar surface area (TPSA) is 108 Å². The van der Waals surface area contributed by atoms with Crippen LogP contribution in [0.3, 0.4) is 0 Å². The Morgan fingerprint density at radius 3 is 1.17 bits per heavy atom. The molecule has 3 unspecified atom stereocenters. The molecule has 9 heteroatoms. The molecule has 0 aromatic carbocycles. The van der Waals surface area contributed by atoms with Gasteiger partial charge in [-0.3, -0.25) is 9.36 Å². The maximum Gasteiger partial charge on any atom is 0.268 e. The van der Waals surface area contributed by atoms with Gasteiger partial charge in [-0.1, -0.05) is 288 Å². The number of hydrogen-bond acceptors (Lipinski definition) is 6. The Hall–Kier alpha value is -1.28. The van der Waals surface area contributed by atoms with E-state index in [0.717, 1.165) is 51.4 Å². The number of allylic oxidation sites excluding steroid dienone is 6. The Labute approximate surface area is 448 Å². The van der Waals surface area contributed by atoms with Crippen LogP contribution in [-0.2, 0) is 18.4 Å². The van der Waals surface area contributed by atoms with E-state index in [2.05, 4.69) is 55.6 Å². The van der Waals surface area contributed by atoms with Crippen molar-refractivity contribution < 1.29 is 32.9 Å². The minimum Gasteiger partial charge on any atom is -0.756 e. The van der Waals surface area contributed by atoms with Crippen LogP contribution in [0.25, 0.3) is 0 Å². The fraction of sp³-hybridized carbons (Fsp3) is 0.889. The van der Waals surface area contributed by atoms with Gasteiger partial charge in [0.15, 0.2) is 0 Å². The van der Waals surface area contributed by atoms with Gasteiger partial charge in [-0.2, -0.15) is 0 Å². The molecule has 0 aromatic heterocycles. The second-order valence-corrected chi connectivity index (χ2v) is 24.2. The summed E-state index contributed by atoms with van der Waals surface area (Å²) in [6.07, 6.45) is 70.6. The summed E-state index contributed by atoms with van der Waals surface area (Å²) in [6, 6.07) is -0.798. The van der Waals surface area contributed by atoms with Gasteiger partial charge in [0.1, 0.15) is 13.2 Å². The van der Waals surface area contributed by atoms with E-state index >= 15 is 0 Å². The fourth-order valence-electron chi connectivity index (χ4n) is 9.46. The van der Waals surface area contributed by atoms with E-state index in [4.69, 9.17) is 9.05 Å². The largest absolute Gasteiger partial charge is 0.756 e. The average molecular weight is 1040 g/mol. The van der Waals surface area contributed by atoms with Crippen molar-refractivity contribution in [2.45, 2.75) is 321 Å². The van der Waals surface area contributed by atoms with Crippen LogP contribution in [0.15, 0.2) is 36.5 Å². The number of phosphoric acid groups is 1. The van der Waals surface area contributed by atoms with E-state index in [1.807, 2.05) is 21.1 Å². The maximum atomic E-state index is 13.0. The summed E-state index contributed by atoms with van der Waals surface area (Å²) in [5, 5.41) is 14.0. The number of hydrogen-bond donors (Lipinski definition) is 2. The Bertz CT molecular complexity index is 1270. The van der Waals surface area contributed by atoms with Gasteiger partial charge in [0.25, 0.3) is 7.82 Å². The monoisotopic (exact) mass is 1030 g/mol. The summed E-state index contributed by atoms with van der Waals surface area (Å²) in [5.74, 6) is -0.160. The Balaban J connectivity index is 3.95. The first-order valence-corrected chi connectivity index (χ1v) is 32.8. The van der Waals surface area contributed by atoms with Gasteiger partial charge in [0.2, 0.25) is 5.91 Å². The predicted molar refractivity (Wildman–Crippen MR) is 311 cm³/mol. The summed E-state index contributed by atoms with van der Waals surface area (Å²) >= 11 is 0. The number of phosphoric ester groups is 1.